The molecule has 0 fully saturated rings. The smallest absolute Gasteiger partial charge is 0.343 e. The van der Waals surface area contributed by atoms with Crippen LogP contribution in [0.2, 0.25) is 0 Å². The average Bonchev–Trinajstić information content (AvgIpc) is 2.53. The molecule has 0 radical (unpaired) electrons. The summed E-state index contributed by atoms with van der Waals surface area (Å²) in [5.74, 6) is 0.867. The number of benzene rings is 2. The first kappa shape index (κ1) is 13.9. The first-order valence-corrected chi connectivity index (χ1v) is 6.32. The quantitative estimate of drug-likeness (QED) is 0.623. The normalized spacial score (nSPS) is 11.0. The summed E-state index contributed by atoms with van der Waals surface area (Å²) in [6, 6.07) is 16.3. The molecule has 3 nitrogen and oxygen atoms in total. The maximum Gasteiger partial charge on any atom is 0.343 e. The van der Waals surface area contributed by atoms with E-state index in [1.807, 2.05) is 37.3 Å². The third kappa shape index (κ3) is 3.26. The van der Waals surface area contributed by atoms with Gasteiger partial charge in [-0.3, -0.25) is 0 Å². The number of methoxy groups -OCH3 is 1. The van der Waals surface area contributed by atoms with Crippen molar-refractivity contribution >= 4 is 11.7 Å². The third-order valence-electron chi connectivity index (χ3n) is 2.85. The highest BCUT2D eigenvalue weighted by Crippen LogP contribution is 2.19. The highest BCUT2D eigenvalue weighted by atomic mass is 16.5. The van der Waals surface area contributed by atoms with Gasteiger partial charge in [-0.25, -0.2) is 4.79 Å². The monoisotopic (exact) mass is 268 g/mol. The van der Waals surface area contributed by atoms with Crippen molar-refractivity contribution in [3.63, 3.8) is 0 Å². The van der Waals surface area contributed by atoms with Crippen molar-refractivity contribution < 1.29 is 14.3 Å². The molecule has 0 spiro atoms. The van der Waals surface area contributed by atoms with E-state index in [4.69, 9.17) is 9.47 Å². The zero-order valence-corrected chi connectivity index (χ0v) is 11.5. The van der Waals surface area contributed by atoms with E-state index in [9.17, 15) is 4.79 Å². The van der Waals surface area contributed by atoms with Gasteiger partial charge in [0.25, 0.3) is 0 Å². The number of carbonyl (C=O) groups is 1. The van der Waals surface area contributed by atoms with Crippen molar-refractivity contribution in [2.24, 2.45) is 0 Å². The van der Waals surface area contributed by atoms with Gasteiger partial charge in [-0.1, -0.05) is 30.3 Å². The van der Waals surface area contributed by atoms with Gasteiger partial charge in [0.05, 0.1) is 12.7 Å². The zero-order valence-electron chi connectivity index (χ0n) is 11.5. The predicted octanol–water partition coefficient (Wildman–Crippen LogP) is 3.91. The topological polar surface area (TPSA) is 35.5 Å². The zero-order chi connectivity index (χ0) is 14.4. The summed E-state index contributed by atoms with van der Waals surface area (Å²) in [6.07, 6.45) is 1.77. The Kier molecular flexibility index (Phi) is 4.56. The fraction of sp³-hybridized carbons (Fsp3) is 0.118. The molecular weight excluding hydrogens is 252 g/mol. The molecule has 0 aliphatic rings. The van der Waals surface area contributed by atoms with Crippen LogP contribution < -0.4 is 4.74 Å². The van der Waals surface area contributed by atoms with Crippen LogP contribution >= 0.6 is 0 Å². The standard InChI is InChI=1S/C17H16O3/c1-3-16(13-7-5-4-6-8-13)20-17(18)14-9-11-15(19-2)12-10-14/h3-12H,1-2H3/b16-3+. The Morgan fingerprint density at radius 3 is 2.15 bits per heavy atom. The molecule has 0 N–H and O–H groups in total. The lowest BCUT2D eigenvalue weighted by Gasteiger charge is -2.09. The first-order valence-electron chi connectivity index (χ1n) is 6.32. The molecule has 0 heterocycles. The number of ether oxygens (including phenoxy) is 2. The number of hydrogen-bond acceptors (Lipinski definition) is 3. The van der Waals surface area contributed by atoms with E-state index in [0.29, 0.717) is 17.1 Å². The van der Waals surface area contributed by atoms with Crippen LogP contribution in [0.25, 0.3) is 5.76 Å². The number of carbonyl (C=O) groups excluding carboxylic acids is 1. The molecule has 0 saturated heterocycles. The highest BCUT2D eigenvalue weighted by Gasteiger charge is 2.11. The fourth-order valence-corrected chi connectivity index (χ4v) is 1.77. The van der Waals surface area contributed by atoms with Gasteiger partial charge >= 0.3 is 5.97 Å². The molecule has 0 aromatic heterocycles. The maximum atomic E-state index is 12.1. The molecule has 2 aromatic carbocycles. The largest absolute Gasteiger partial charge is 0.497 e. The Bertz CT molecular complexity index is 598. The van der Waals surface area contributed by atoms with Gasteiger partial charge in [0.15, 0.2) is 0 Å². The second-order valence-corrected chi connectivity index (χ2v) is 4.14. The van der Waals surface area contributed by atoms with E-state index in [1.165, 1.54) is 0 Å². The van der Waals surface area contributed by atoms with E-state index < -0.39 is 0 Å². The predicted molar refractivity (Wildman–Crippen MR) is 78.5 cm³/mol. The van der Waals surface area contributed by atoms with Crippen LogP contribution in [-0.2, 0) is 4.74 Å². The second kappa shape index (κ2) is 6.57. The lowest BCUT2D eigenvalue weighted by atomic mass is 10.2. The minimum Gasteiger partial charge on any atom is -0.497 e. The van der Waals surface area contributed by atoms with Crippen LogP contribution in [0.3, 0.4) is 0 Å². The second-order valence-electron chi connectivity index (χ2n) is 4.14. The van der Waals surface area contributed by atoms with Crippen molar-refractivity contribution in [3.8, 4) is 5.75 Å². The summed E-state index contributed by atoms with van der Waals surface area (Å²) in [5, 5.41) is 0. The van der Waals surface area contributed by atoms with E-state index in [2.05, 4.69) is 0 Å². The van der Waals surface area contributed by atoms with E-state index in [1.54, 1.807) is 37.5 Å². The summed E-state index contributed by atoms with van der Waals surface area (Å²) in [7, 11) is 1.58. The van der Waals surface area contributed by atoms with Crippen LogP contribution in [0.4, 0.5) is 0 Å². The van der Waals surface area contributed by atoms with Gasteiger partial charge in [-0.15, -0.1) is 0 Å². The van der Waals surface area contributed by atoms with Gasteiger partial charge in [-0.05, 0) is 37.3 Å². The Hall–Kier alpha value is -2.55. The van der Waals surface area contributed by atoms with Gasteiger partial charge in [-0.2, -0.15) is 0 Å². The maximum absolute atomic E-state index is 12.1. The van der Waals surface area contributed by atoms with Crippen molar-refractivity contribution in [1.82, 2.24) is 0 Å². The summed E-state index contributed by atoms with van der Waals surface area (Å²) in [6.45, 7) is 1.84. The van der Waals surface area contributed by atoms with Crippen molar-refractivity contribution in [2.75, 3.05) is 7.11 Å². The molecule has 0 atom stereocenters. The minimum atomic E-state index is -0.385. The van der Waals surface area contributed by atoms with Crippen molar-refractivity contribution in [2.45, 2.75) is 6.92 Å². The summed E-state index contributed by atoms with van der Waals surface area (Å²) >= 11 is 0. The fourth-order valence-electron chi connectivity index (χ4n) is 1.77. The number of hydrogen-bond donors (Lipinski definition) is 0. The SMILES string of the molecule is C/C=C(/OC(=O)c1ccc(OC)cc1)c1ccccc1. The molecule has 102 valence electrons. The average molecular weight is 268 g/mol. The Morgan fingerprint density at radius 1 is 0.950 bits per heavy atom. The molecule has 0 saturated carbocycles. The molecule has 0 aliphatic heterocycles. The van der Waals surface area contributed by atoms with Crippen LogP contribution in [0.5, 0.6) is 5.75 Å². The van der Waals surface area contributed by atoms with Crippen molar-refractivity contribution in [1.29, 1.82) is 0 Å². The lowest BCUT2D eigenvalue weighted by molar-refractivity contribution is 0.0691. The van der Waals surface area contributed by atoms with Crippen LogP contribution in [0, 0.1) is 0 Å². The van der Waals surface area contributed by atoms with Crippen LogP contribution in [0.15, 0.2) is 60.7 Å². The Balaban J connectivity index is 2.13. The van der Waals surface area contributed by atoms with E-state index >= 15 is 0 Å². The Labute approximate surface area is 118 Å². The van der Waals surface area contributed by atoms with E-state index in [-0.39, 0.29) is 5.97 Å². The van der Waals surface area contributed by atoms with Crippen molar-refractivity contribution in [3.05, 3.63) is 71.8 Å². The van der Waals surface area contributed by atoms with E-state index in [0.717, 1.165) is 5.56 Å². The van der Waals surface area contributed by atoms with Crippen LogP contribution in [-0.4, -0.2) is 13.1 Å². The molecule has 2 rings (SSSR count). The third-order valence-corrected chi connectivity index (χ3v) is 2.85. The molecule has 0 bridgehead atoms. The summed E-state index contributed by atoms with van der Waals surface area (Å²) in [4.78, 5) is 12.1. The molecule has 2 aromatic rings. The number of rotatable bonds is 4. The molecule has 0 unspecified atom stereocenters. The summed E-state index contributed by atoms with van der Waals surface area (Å²) < 4.78 is 10.5. The highest BCUT2D eigenvalue weighted by molar-refractivity contribution is 5.93. The summed E-state index contributed by atoms with van der Waals surface area (Å²) in [5.41, 5.74) is 1.36. The van der Waals surface area contributed by atoms with Gasteiger partial charge in [0.2, 0.25) is 0 Å². The molecule has 0 amide bonds. The molecule has 0 aliphatic carbocycles. The van der Waals surface area contributed by atoms with Gasteiger partial charge < -0.3 is 9.47 Å². The number of esters is 1. The minimum absolute atomic E-state index is 0.385. The number of allylic oxidation sites excluding steroid dienone is 1. The van der Waals surface area contributed by atoms with Crippen LogP contribution in [0.1, 0.15) is 22.8 Å². The van der Waals surface area contributed by atoms with Gasteiger partial charge in [0, 0.05) is 5.56 Å². The molecule has 20 heavy (non-hydrogen) atoms. The van der Waals surface area contributed by atoms with Gasteiger partial charge in [0.1, 0.15) is 11.5 Å². The lowest BCUT2D eigenvalue weighted by Crippen LogP contribution is -2.04. The first-order chi connectivity index (χ1) is 9.74. The molecular formula is C17H16O3. The molecule has 3 heteroatoms. The Morgan fingerprint density at radius 2 is 1.60 bits per heavy atom.